The average Bonchev–Trinajstić information content (AvgIpc) is 3.25. The first kappa shape index (κ1) is 25.0. The number of likely N-dealkylation sites (tertiary alicyclic amines) is 1. The van der Waals surface area contributed by atoms with Crippen molar-refractivity contribution >= 4 is 27.3 Å². The van der Waals surface area contributed by atoms with Crippen molar-refractivity contribution in [2.45, 2.75) is 38.0 Å². The van der Waals surface area contributed by atoms with E-state index in [0.29, 0.717) is 13.2 Å². The van der Waals surface area contributed by atoms with Crippen molar-refractivity contribution in [1.82, 2.24) is 14.2 Å². The highest BCUT2D eigenvalue weighted by Crippen LogP contribution is 2.44. The summed E-state index contributed by atoms with van der Waals surface area (Å²) < 4.78 is 62.8. The summed E-state index contributed by atoms with van der Waals surface area (Å²) in [5.74, 6) is -2.76. The summed E-state index contributed by atoms with van der Waals surface area (Å²) in [6, 6.07) is -0.0134. The number of thiazole rings is 1. The number of hydrogen-bond acceptors (Lipinski definition) is 7. The second-order valence-electron chi connectivity index (χ2n) is 7.63. The number of halogens is 3. The van der Waals surface area contributed by atoms with Gasteiger partial charge in [0.25, 0.3) is 0 Å². The molecule has 13 heteroatoms. The minimum Gasteiger partial charge on any atom is -0.475 e. The number of piperidine rings is 1. The minimum absolute atomic E-state index is 0.0134. The molecule has 2 aliphatic rings. The number of rotatable bonds is 5. The summed E-state index contributed by atoms with van der Waals surface area (Å²) in [4.78, 5) is 15.7. The molecule has 0 bridgehead atoms. The summed E-state index contributed by atoms with van der Waals surface area (Å²) in [6.07, 6.45) is 1.09. The van der Waals surface area contributed by atoms with Gasteiger partial charge in [-0.1, -0.05) is 0 Å². The molecule has 0 aliphatic carbocycles. The fourth-order valence-electron chi connectivity index (χ4n) is 3.92. The van der Waals surface area contributed by atoms with E-state index in [1.54, 1.807) is 22.8 Å². The molecule has 2 saturated heterocycles. The second-order valence-corrected chi connectivity index (χ2v) is 10.5. The van der Waals surface area contributed by atoms with E-state index < -0.39 is 22.2 Å². The quantitative estimate of drug-likeness (QED) is 0.699. The van der Waals surface area contributed by atoms with Crippen molar-refractivity contribution in [2.75, 3.05) is 39.6 Å². The number of nitrogens with zero attached hydrogens (tertiary/aromatic N) is 3. The Kier molecular flexibility index (Phi) is 8.24. The number of alkyl halides is 3. The van der Waals surface area contributed by atoms with Crippen LogP contribution in [0.15, 0.2) is 11.6 Å². The number of methoxy groups -OCH3 is 1. The molecule has 1 N–H and O–H groups in total. The zero-order valence-corrected chi connectivity index (χ0v) is 18.4. The smallest absolute Gasteiger partial charge is 0.475 e. The van der Waals surface area contributed by atoms with E-state index in [9.17, 15) is 21.6 Å². The zero-order valence-electron chi connectivity index (χ0n) is 16.8. The maximum absolute atomic E-state index is 12.1. The number of carboxylic acid groups (broad SMARTS) is 1. The number of carbonyl (C=O) groups is 1. The van der Waals surface area contributed by atoms with Gasteiger partial charge in [0.2, 0.25) is 10.0 Å². The van der Waals surface area contributed by atoms with Crippen LogP contribution in [0.5, 0.6) is 0 Å². The Labute approximate surface area is 177 Å². The topological polar surface area (TPSA) is 100 Å². The molecule has 1 atom stereocenters. The van der Waals surface area contributed by atoms with E-state index in [4.69, 9.17) is 14.6 Å². The fourth-order valence-corrected chi connectivity index (χ4v) is 5.76. The number of sulfonamides is 1. The fraction of sp³-hybridized carbons (Fsp3) is 0.765. The van der Waals surface area contributed by atoms with Crippen molar-refractivity contribution in [3.8, 4) is 0 Å². The molecule has 2 aliphatic heterocycles. The molecule has 1 aromatic rings. The van der Waals surface area contributed by atoms with Gasteiger partial charge in [-0.2, -0.15) is 17.5 Å². The predicted molar refractivity (Wildman–Crippen MR) is 105 cm³/mol. The molecule has 0 radical (unpaired) electrons. The molecular formula is C17H26F3N3O5S2. The van der Waals surface area contributed by atoms with E-state index in [0.717, 1.165) is 43.9 Å². The van der Waals surface area contributed by atoms with Gasteiger partial charge in [0.05, 0.1) is 19.4 Å². The summed E-state index contributed by atoms with van der Waals surface area (Å²) >= 11 is 1.69. The lowest BCUT2D eigenvalue weighted by Crippen LogP contribution is -2.42. The van der Waals surface area contributed by atoms with Crippen LogP contribution in [-0.4, -0.2) is 85.5 Å². The van der Waals surface area contributed by atoms with Crippen molar-refractivity contribution in [3.05, 3.63) is 16.6 Å². The first-order chi connectivity index (χ1) is 13.9. The van der Waals surface area contributed by atoms with Crippen LogP contribution >= 0.6 is 11.3 Å². The van der Waals surface area contributed by atoms with Gasteiger partial charge in [-0.15, -0.1) is 11.3 Å². The van der Waals surface area contributed by atoms with Gasteiger partial charge >= 0.3 is 12.1 Å². The van der Waals surface area contributed by atoms with E-state index in [1.165, 1.54) is 6.26 Å². The van der Waals surface area contributed by atoms with Crippen LogP contribution in [0.2, 0.25) is 0 Å². The third kappa shape index (κ3) is 6.87. The molecule has 2 fully saturated rings. The van der Waals surface area contributed by atoms with Crippen molar-refractivity contribution in [1.29, 1.82) is 0 Å². The highest BCUT2D eigenvalue weighted by atomic mass is 32.2. The van der Waals surface area contributed by atoms with Crippen LogP contribution in [0, 0.1) is 5.41 Å². The maximum Gasteiger partial charge on any atom is 0.490 e. The lowest BCUT2D eigenvalue weighted by molar-refractivity contribution is -0.192. The third-order valence-electron chi connectivity index (χ3n) is 5.35. The summed E-state index contributed by atoms with van der Waals surface area (Å²) in [6.45, 7) is 4.06. The van der Waals surface area contributed by atoms with Gasteiger partial charge < -0.3 is 9.84 Å². The third-order valence-corrected chi connectivity index (χ3v) is 7.40. The SMILES string of the molecule is COCC1CC2(CCN(Cc3nccs3)CC2)CN1S(C)(=O)=O.O=C(O)C(F)(F)F. The van der Waals surface area contributed by atoms with Crippen LogP contribution in [0.3, 0.4) is 0 Å². The van der Waals surface area contributed by atoms with Crippen molar-refractivity contribution in [2.24, 2.45) is 5.41 Å². The minimum atomic E-state index is -5.08. The van der Waals surface area contributed by atoms with E-state index in [1.807, 2.05) is 11.6 Å². The maximum atomic E-state index is 12.1. The Hall–Kier alpha value is -1.28. The highest BCUT2D eigenvalue weighted by Gasteiger charge is 2.48. The monoisotopic (exact) mass is 473 g/mol. The van der Waals surface area contributed by atoms with Crippen LogP contribution in [0.1, 0.15) is 24.3 Å². The number of aromatic nitrogens is 1. The first-order valence-corrected chi connectivity index (χ1v) is 12.0. The standard InChI is InChI=1S/C15H25N3O3S2.C2HF3O2/c1-21-11-13-9-15(12-18(13)23(2,19)20)3-6-17(7-4-15)10-14-16-5-8-22-14;3-2(4,5)1(6)7/h5,8,13H,3-4,6-7,9-12H2,1-2H3;(H,6,7). The number of aliphatic carboxylic acids is 1. The lowest BCUT2D eigenvalue weighted by Gasteiger charge is -2.39. The lowest BCUT2D eigenvalue weighted by atomic mass is 9.76. The molecule has 0 aromatic carbocycles. The first-order valence-electron chi connectivity index (χ1n) is 9.23. The van der Waals surface area contributed by atoms with Crippen LogP contribution in [-0.2, 0) is 26.1 Å². The summed E-state index contributed by atoms with van der Waals surface area (Å²) in [7, 11) is -1.53. The largest absolute Gasteiger partial charge is 0.490 e. The summed E-state index contributed by atoms with van der Waals surface area (Å²) in [5.41, 5.74) is 0.117. The number of ether oxygens (including phenoxy) is 1. The number of carboxylic acids is 1. The van der Waals surface area contributed by atoms with Gasteiger partial charge in [0.1, 0.15) is 5.01 Å². The molecule has 1 unspecified atom stereocenters. The Balaban J connectivity index is 0.000000396. The molecule has 172 valence electrons. The van der Waals surface area contributed by atoms with E-state index in [-0.39, 0.29) is 11.5 Å². The molecule has 0 amide bonds. The molecular weight excluding hydrogens is 447 g/mol. The van der Waals surface area contributed by atoms with Gasteiger partial charge in [-0.05, 0) is 37.8 Å². The van der Waals surface area contributed by atoms with Crippen molar-refractivity contribution < 1.29 is 36.2 Å². The van der Waals surface area contributed by atoms with E-state index in [2.05, 4.69) is 9.88 Å². The van der Waals surface area contributed by atoms with Crippen LogP contribution < -0.4 is 0 Å². The zero-order chi connectivity index (χ0) is 22.6. The van der Waals surface area contributed by atoms with Gasteiger partial charge in [0.15, 0.2) is 0 Å². The van der Waals surface area contributed by atoms with Gasteiger partial charge in [0, 0.05) is 31.3 Å². The Morgan fingerprint density at radius 2 is 2.00 bits per heavy atom. The van der Waals surface area contributed by atoms with Crippen LogP contribution in [0.25, 0.3) is 0 Å². The van der Waals surface area contributed by atoms with Gasteiger partial charge in [-0.25, -0.2) is 18.2 Å². The Bertz CT molecular complexity index is 794. The highest BCUT2D eigenvalue weighted by molar-refractivity contribution is 7.88. The summed E-state index contributed by atoms with van der Waals surface area (Å²) in [5, 5.41) is 10.3. The molecule has 3 heterocycles. The van der Waals surface area contributed by atoms with Gasteiger partial charge in [-0.3, -0.25) is 4.90 Å². The molecule has 0 saturated carbocycles. The molecule has 3 rings (SSSR count). The molecule has 30 heavy (non-hydrogen) atoms. The van der Waals surface area contributed by atoms with Crippen LogP contribution in [0.4, 0.5) is 13.2 Å². The molecule has 1 aromatic heterocycles. The second kappa shape index (κ2) is 9.90. The predicted octanol–water partition coefficient (Wildman–Crippen LogP) is 2.04. The number of hydrogen-bond donors (Lipinski definition) is 1. The molecule has 1 spiro atoms. The average molecular weight is 474 g/mol. The Morgan fingerprint density at radius 1 is 1.40 bits per heavy atom. The van der Waals surface area contributed by atoms with Crippen molar-refractivity contribution in [3.63, 3.8) is 0 Å². The normalized spacial score (nSPS) is 22.6. The van der Waals surface area contributed by atoms with E-state index >= 15 is 0 Å². The molecule has 8 nitrogen and oxygen atoms in total. The Morgan fingerprint density at radius 3 is 2.43 bits per heavy atom.